The van der Waals surface area contributed by atoms with Gasteiger partial charge < -0.3 is 13.9 Å². The molecule has 0 radical (unpaired) electrons. The average molecular weight is 493 g/mol. The lowest BCUT2D eigenvalue weighted by atomic mass is 10.0. The highest BCUT2D eigenvalue weighted by molar-refractivity contribution is 9.10. The summed E-state index contributed by atoms with van der Waals surface area (Å²) in [6.07, 6.45) is 1.36. The van der Waals surface area contributed by atoms with Gasteiger partial charge in [-0.25, -0.2) is 9.18 Å². The van der Waals surface area contributed by atoms with E-state index in [2.05, 4.69) is 15.9 Å². The zero-order valence-electron chi connectivity index (χ0n) is 16.6. The van der Waals surface area contributed by atoms with Gasteiger partial charge in [-0.2, -0.15) is 0 Å². The van der Waals surface area contributed by atoms with Gasteiger partial charge in [0, 0.05) is 21.5 Å². The SMILES string of the molecule is Cc1cc(OC(=O)c2cc3cc(Br)ccc3o2)cc2c1C(=O)/C(=C/c1ccccc1F)O2. The molecular weight excluding hydrogens is 479 g/mol. The van der Waals surface area contributed by atoms with Gasteiger partial charge >= 0.3 is 5.97 Å². The fraction of sp³-hybridized carbons (Fsp3) is 0.0400. The maximum atomic E-state index is 14.0. The average Bonchev–Trinajstić information content (AvgIpc) is 3.30. The quantitative estimate of drug-likeness (QED) is 0.186. The molecule has 0 unspecified atom stereocenters. The number of hydrogen-bond donors (Lipinski definition) is 0. The second kappa shape index (κ2) is 7.76. The highest BCUT2D eigenvalue weighted by Gasteiger charge is 2.30. The molecule has 0 spiro atoms. The summed E-state index contributed by atoms with van der Waals surface area (Å²) in [5, 5.41) is 0.758. The van der Waals surface area contributed by atoms with Crippen LogP contribution in [0.3, 0.4) is 0 Å². The normalized spacial score (nSPS) is 14.0. The van der Waals surface area contributed by atoms with Crippen molar-refractivity contribution in [3.05, 3.63) is 99.2 Å². The van der Waals surface area contributed by atoms with Crippen molar-refractivity contribution in [3.8, 4) is 11.5 Å². The van der Waals surface area contributed by atoms with Crippen LogP contribution in [0.2, 0.25) is 0 Å². The second-order valence-corrected chi connectivity index (χ2v) is 8.17. The number of hydrogen-bond acceptors (Lipinski definition) is 5. The Morgan fingerprint density at radius 3 is 2.72 bits per heavy atom. The molecule has 32 heavy (non-hydrogen) atoms. The number of carbonyl (C=O) groups is 2. The molecule has 4 aromatic rings. The number of rotatable bonds is 3. The first kappa shape index (κ1) is 20.2. The molecular formula is C25H14BrFO5. The molecule has 7 heteroatoms. The van der Waals surface area contributed by atoms with Gasteiger partial charge in [-0.1, -0.05) is 34.1 Å². The van der Waals surface area contributed by atoms with Crippen LogP contribution in [0.5, 0.6) is 11.5 Å². The Morgan fingerprint density at radius 1 is 1.09 bits per heavy atom. The lowest BCUT2D eigenvalue weighted by Crippen LogP contribution is -2.07. The third-order valence-corrected chi connectivity index (χ3v) is 5.52. The van der Waals surface area contributed by atoms with Crippen molar-refractivity contribution >= 4 is 44.7 Å². The lowest BCUT2D eigenvalue weighted by molar-refractivity contribution is 0.0703. The maximum Gasteiger partial charge on any atom is 0.379 e. The van der Waals surface area contributed by atoms with Gasteiger partial charge in [-0.15, -0.1) is 0 Å². The van der Waals surface area contributed by atoms with Gasteiger partial charge in [-0.3, -0.25) is 4.79 Å². The number of esters is 1. The minimum atomic E-state index is -0.678. The van der Waals surface area contributed by atoms with Gasteiger partial charge in [-0.05, 0) is 55.0 Å². The van der Waals surface area contributed by atoms with E-state index in [1.807, 2.05) is 12.1 Å². The second-order valence-electron chi connectivity index (χ2n) is 7.26. The zero-order chi connectivity index (χ0) is 22.4. The van der Waals surface area contributed by atoms with Crippen LogP contribution in [0, 0.1) is 12.7 Å². The van der Waals surface area contributed by atoms with E-state index in [1.54, 1.807) is 43.3 Å². The summed E-state index contributed by atoms with van der Waals surface area (Å²) in [6.45, 7) is 1.71. The molecule has 158 valence electrons. The fourth-order valence-corrected chi connectivity index (χ4v) is 3.92. The number of benzene rings is 3. The third-order valence-electron chi connectivity index (χ3n) is 5.03. The Labute approximate surface area is 190 Å². The summed E-state index contributed by atoms with van der Waals surface area (Å²) in [4.78, 5) is 25.4. The van der Waals surface area contributed by atoms with Crippen molar-refractivity contribution in [2.45, 2.75) is 6.92 Å². The molecule has 0 saturated heterocycles. The van der Waals surface area contributed by atoms with E-state index in [9.17, 15) is 14.0 Å². The number of Topliss-reactive ketones (excluding diaryl/α,β-unsaturated/α-hetero) is 1. The molecule has 0 fully saturated rings. The molecule has 1 aliphatic heterocycles. The Balaban J connectivity index is 1.42. The first-order chi connectivity index (χ1) is 15.4. The summed E-state index contributed by atoms with van der Waals surface area (Å²) < 4.78 is 31.5. The highest BCUT2D eigenvalue weighted by atomic mass is 79.9. The predicted octanol–water partition coefficient (Wildman–Crippen LogP) is 6.48. The molecule has 0 N–H and O–H groups in total. The molecule has 5 rings (SSSR count). The number of fused-ring (bicyclic) bond motifs is 2. The molecule has 0 atom stereocenters. The van der Waals surface area contributed by atoms with Gasteiger partial charge in [0.25, 0.3) is 0 Å². The molecule has 1 aliphatic rings. The number of furan rings is 1. The van der Waals surface area contributed by atoms with E-state index in [4.69, 9.17) is 13.9 Å². The van der Waals surface area contributed by atoms with Gasteiger partial charge in [0.2, 0.25) is 11.5 Å². The van der Waals surface area contributed by atoms with Crippen LogP contribution in [0.15, 0.2) is 75.3 Å². The van der Waals surface area contributed by atoms with E-state index in [0.717, 1.165) is 9.86 Å². The summed E-state index contributed by atoms with van der Waals surface area (Å²) >= 11 is 3.38. The van der Waals surface area contributed by atoms with E-state index in [0.29, 0.717) is 16.7 Å². The number of allylic oxidation sites excluding steroid dienone is 1. The third kappa shape index (κ3) is 3.61. The first-order valence-electron chi connectivity index (χ1n) is 9.64. The number of ether oxygens (including phenoxy) is 2. The molecule has 2 heterocycles. The van der Waals surface area contributed by atoms with Crippen LogP contribution < -0.4 is 9.47 Å². The smallest absolute Gasteiger partial charge is 0.379 e. The van der Waals surface area contributed by atoms with Crippen molar-refractivity contribution in [2.24, 2.45) is 0 Å². The van der Waals surface area contributed by atoms with Gasteiger partial charge in [0.05, 0.1) is 5.56 Å². The van der Waals surface area contributed by atoms with Crippen LogP contribution in [0.25, 0.3) is 17.0 Å². The van der Waals surface area contributed by atoms with Crippen molar-refractivity contribution in [1.82, 2.24) is 0 Å². The van der Waals surface area contributed by atoms with Crippen LogP contribution in [-0.2, 0) is 0 Å². The van der Waals surface area contributed by atoms with Gasteiger partial charge in [0.1, 0.15) is 22.9 Å². The van der Waals surface area contributed by atoms with Crippen LogP contribution in [-0.4, -0.2) is 11.8 Å². The van der Waals surface area contributed by atoms with Crippen LogP contribution in [0.4, 0.5) is 4.39 Å². The Bertz CT molecular complexity index is 1450. The van der Waals surface area contributed by atoms with Crippen molar-refractivity contribution < 1.29 is 27.9 Å². The fourth-order valence-electron chi connectivity index (χ4n) is 3.54. The minimum Gasteiger partial charge on any atom is -0.452 e. The highest BCUT2D eigenvalue weighted by Crippen LogP contribution is 2.38. The molecule has 0 aliphatic carbocycles. The largest absolute Gasteiger partial charge is 0.452 e. The van der Waals surface area contributed by atoms with Crippen molar-refractivity contribution in [1.29, 1.82) is 0 Å². The molecule has 1 aromatic heterocycles. The summed E-state index contributed by atoms with van der Waals surface area (Å²) in [7, 11) is 0. The number of aryl methyl sites for hydroxylation is 1. The maximum absolute atomic E-state index is 14.0. The van der Waals surface area contributed by atoms with E-state index < -0.39 is 11.8 Å². The molecule has 3 aromatic carbocycles. The number of ketones is 1. The number of carbonyl (C=O) groups excluding carboxylic acids is 2. The van der Waals surface area contributed by atoms with Gasteiger partial charge in [0.15, 0.2) is 5.76 Å². The topological polar surface area (TPSA) is 65.7 Å². The Morgan fingerprint density at radius 2 is 1.91 bits per heavy atom. The molecule has 0 amide bonds. The summed E-state index contributed by atoms with van der Waals surface area (Å²) in [5.41, 5.74) is 1.72. The van der Waals surface area contributed by atoms with E-state index in [-0.39, 0.29) is 34.4 Å². The summed E-state index contributed by atoms with van der Waals surface area (Å²) in [5.74, 6) is -1.00. The van der Waals surface area contributed by atoms with Crippen LogP contribution >= 0.6 is 15.9 Å². The van der Waals surface area contributed by atoms with E-state index in [1.165, 1.54) is 18.2 Å². The Kier molecular flexibility index (Phi) is 4.90. The van der Waals surface area contributed by atoms with Crippen molar-refractivity contribution in [2.75, 3.05) is 0 Å². The first-order valence-corrected chi connectivity index (χ1v) is 10.4. The molecule has 0 bridgehead atoms. The minimum absolute atomic E-state index is 0.000428. The molecule has 5 nitrogen and oxygen atoms in total. The van der Waals surface area contributed by atoms with E-state index >= 15 is 0 Å². The molecule has 0 saturated carbocycles. The monoisotopic (exact) mass is 492 g/mol. The number of halogens is 2. The Hall–Kier alpha value is -3.71. The summed E-state index contributed by atoms with van der Waals surface area (Å²) in [6, 6.07) is 16.1. The lowest BCUT2D eigenvalue weighted by Gasteiger charge is -2.06. The van der Waals surface area contributed by atoms with Crippen LogP contribution in [0.1, 0.15) is 32.0 Å². The van der Waals surface area contributed by atoms with Crippen molar-refractivity contribution in [3.63, 3.8) is 0 Å². The predicted molar refractivity (Wildman–Crippen MR) is 119 cm³/mol. The standard InChI is InChI=1S/C25H14BrFO5/c1-13-8-17(30-25(29)22-11-15-9-16(26)6-7-19(15)31-22)12-20-23(13)24(28)21(32-20)10-14-4-2-3-5-18(14)27/h2-12H,1H3/b21-10-. The zero-order valence-corrected chi connectivity index (χ0v) is 18.2.